The van der Waals surface area contributed by atoms with Gasteiger partial charge in [0.2, 0.25) is 0 Å². The minimum Gasteiger partial charge on any atom is -0.379 e. The third-order valence-corrected chi connectivity index (χ3v) is 5.99. The largest absolute Gasteiger partial charge is 0.379 e. The molecule has 1 saturated heterocycles. The van der Waals surface area contributed by atoms with E-state index in [-0.39, 0.29) is 6.04 Å². The highest BCUT2D eigenvalue weighted by Crippen LogP contribution is 2.24. The van der Waals surface area contributed by atoms with Crippen molar-refractivity contribution in [2.24, 2.45) is 4.99 Å². The highest BCUT2D eigenvalue weighted by atomic mass is 35.5. The summed E-state index contributed by atoms with van der Waals surface area (Å²) in [4.78, 5) is 14.1. The van der Waals surface area contributed by atoms with E-state index in [1.165, 1.54) is 5.56 Å². The average Bonchev–Trinajstić information content (AvgIpc) is 3.14. The summed E-state index contributed by atoms with van der Waals surface area (Å²) in [5.41, 5.74) is 2.30. The van der Waals surface area contributed by atoms with E-state index in [1.54, 1.807) is 11.3 Å². The second-order valence-corrected chi connectivity index (χ2v) is 8.62. The molecule has 0 saturated carbocycles. The zero-order chi connectivity index (χ0) is 20.6. The van der Waals surface area contributed by atoms with E-state index in [2.05, 4.69) is 51.6 Å². The van der Waals surface area contributed by atoms with Crippen LogP contribution in [0.3, 0.4) is 0 Å². The zero-order valence-electron chi connectivity index (χ0n) is 17.4. The Kier molecular flexibility index (Phi) is 8.29. The maximum absolute atomic E-state index is 6.11. The number of nitrogens with zero attached hydrogens (tertiary/aromatic N) is 4. The standard InChI is InChI=1S/C21H30ClN5OS/c1-4-23-21(26(3)14-19-15-29-16(2)25-19)24-13-20(27-9-11-28-12-10-27)17-5-7-18(22)8-6-17/h5-8,15,20H,4,9-14H2,1-3H3,(H,23,24). The summed E-state index contributed by atoms with van der Waals surface area (Å²) in [6.07, 6.45) is 0. The van der Waals surface area contributed by atoms with Gasteiger partial charge in [-0.3, -0.25) is 9.89 Å². The van der Waals surface area contributed by atoms with Gasteiger partial charge in [0, 0.05) is 37.1 Å². The van der Waals surface area contributed by atoms with E-state index in [9.17, 15) is 0 Å². The molecule has 1 aromatic carbocycles. The molecule has 0 radical (unpaired) electrons. The van der Waals surface area contributed by atoms with Crippen molar-refractivity contribution in [1.82, 2.24) is 20.1 Å². The maximum atomic E-state index is 6.11. The van der Waals surface area contributed by atoms with Gasteiger partial charge in [-0.05, 0) is 31.5 Å². The summed E-state index contributed by atoms with van der Waals surface area (Å²) < 4.78 is 5.55. The fourth-order valence-corrected chi connectivity index (χ4v) is 4.18. The second kappa shape index (κ2) is 10.9. The number of aliphatic imine (C=N–C) groups is 1. The predicted molar refractivity (Wildman–Crippen MR) is 121 cm³/mol. The van der Waals surface area contributed by atoms with Crippen molar-refractivity contribution in [3.8, 4) is 0 Å². The fraction of sp³-hybridized carbons (Fsp3) is 0.524. The quantitative estimate of drug-likeness (QED) is 0.532. The highest BCUT2D eigenvalue weighted by molar-refractivity contribution is 7.09. The number of hydrogen-bond donors (Lipinski definition) is 1. The molecule has 1 aliphatic heterocycles. The van der Waals surface area contributed by atoms with E-state index in [1.807, 2.05) is 19.1 Å². The third-order valence-electron chi connectivity index (χ3n) is 4.92. The molecule has 0 spiro atoms. The lowest BCUT2D eigenvalue weighted by atomic mass is 10.0. The first kappa shape index (κ1) is 22.0. The van der Waals surface area contributed by atoms with Crippen LogP contribution in [0.5, 0.6) is 0 Å². The Morgan fingerprint density at radius 3 is 2.69 bits per heavy atom. The Balaban J connectivity index is 1.77. The fourth-order valence-electron chi connectivity index (χ4n) is 3.45. The molecule has 0 aliphatic carbocycles. The minimum atomic E-state index is 0.194. The molecule has 1 unspecified atom stereocenters. The molecule has 29 heavy (non-hydrogen) atoms. The molecular weight excluding hydrogens is 406 g/mol. The van der Waals surface area contributed by atoms with Crippen molar-refractivity contribution >= 4 is 28.9 Å². The summed E-state index contributed by atoms with van der Waals surface area (Å²) in [6, 6.07) is 8.31. The molecule has 0 amide bonds. The minimum absolute atomic E-state index is 0.194. The number of ether oxygens (including phenoxy) is 1. The Hall–Kier alpha value is -1.67. The van der Waals surface area contributed by atoms with Gasteiger partial charge in [-0.1, -0.05) is 23.7 Å². The number of benzene rings is 1. The van der Waals surface area contributed by atoms with E-state index >= 15 is 0 Å². The molecular formula is C21H30ClN5OS. The van der Waals surface area contributed by atoms with Gasteiger partial charge in [0.1, 0.15) is 0 Å². The summed E-state index contributed by atoms with van der Waals surface area (Å²) >= 11 is 7.79. The van der Waals surface area contributed by atoms with Crippen LogP contribution in [-0.2, 0) is 11.3 Å². The first-order chi connectivity index (χ1) is 14.1. The molecule has 2 aromatic rings. The topological polar surface area (TPSA) is 53.0 Å². The molecule has 1 atom stereocenters. The number of rotatable bonds is 7. The van der Waals surface area contributed by atoms with Crippen molar-refractivity contribution in [2.75, 3.05) is 46.4 Å². The third kappa shape index (κ3) is 6.40. The lowest BCUT2D eigenvalue weighted by molar-refractivity contribution is 0.0179. The van der Waals surface area contributed by atoms with Crippen LogP contribution >= 0.6 is 22.9 Å². The van der Waals surface area contributed by atoms with Crippen LogP contribution in [0.4, 0.5) is 0 Å². The van der Waals surface area contributed by atoms with Crippen LogP contribution in [0.1, 0.15) is 29.2 Å². The Morgan fingerprint density at radius 1 is 1.34 bits per heavy atom. The van der Waals surface area contributed by atoms with Crippen molar-refractivity contribution in [2.45, 2.75) is 26.4 Å². The Labute approximate surface area is 182 Å². The van der Waals surface area contributed by atoms with Gasteiger partial charge in [-0.15, -0.1) is 11.3 Å². The van der Waals surface area contributed by atoms with Gasteiger partial charge >= 0.3 is 0 Å². The Morgan fingerprint density at radius 2 is 2.07 bits per heavy atom. The molecule has 2 heterocycles. The van der Waals surface area contributed by atoms with Gasteiger partial charge in [0.25, 0.3) is 0 Å². The summed E-state index contributed by atoms with van der Waals surface area (Å²) in [6.45, 7) is 9.70. The van der Waals surface area contributed by atoms with Gasteiger partial charge < -0.3 is 15.0 Å². The maximum Gasteiger partial charge on any atom is 0.194 e. The number of aromatic nitrogens is 1. The van der Waals surface area contributed by atoms with E-state index in [0.717, 1.165) is 61.1 Å². The van der Waals surface area contributed by atoms with Crippen LogP contribution in [0.25, 0.3) is 0 Å². The molecule has 1 aromatic heterocycles. The Bertz CT molecular complexity index is 789. The number of thiazole rings is 1. The van der Waals surface area contributed by atoms with Crippen LogP contribution in [-0.4, -0.2) is 67.2 Å². The molecule has 1 aliphatic rings. The van der Waals surface area contributed by atoms with Gasteiger partial charge in [0.05, 0.1) is 43.0 Å². The first-order valence-corrected chi connectivity index (χ1v) is 11.3. The lowest BCUT2D eigenvalue weighted by Crippen LogP contribution is -2.42. The number of aryl methyl sites for hydroxylation is 1. The monoisotopic (exact) mass is 435 g/mol. The molecule has 0 bridgehead atoms. The SMILES string of the molecule is CCNC(=NCC(c1ccc(Cl)cc1)N1CCOCC1)N(C)Cc1csc(C)n1. The number of halogens is 1. The molecule has 158 valence electrons. The van der Waals surface area contributed by atoms with Crippen LogP contribution in [0, 0.1) is 6.92 Å². The van der Waals surface area contributed by atoms with Crippen LogP contribution in [0.15, 0.2) is 34.6 Å². The van der Waals surface area contributed by atoms with E-state index < -0.39 is 0 Å². The van der Waals surface area contributed by atoms with Gasteiger partial charge in [-0.2, -0.15) is 0 Å². The highest BCUT2D eigenvalue weighted by Gasteiger charge is 2.23. The molecule has 1 fully saturated rings. The van der Waals surface area contributed by atoms with Crippen molar-refractivity contribution in [3.63, 3.8) is 0 Å². The normalized spacial score (nSPS) is 16.6. The predicted octanol–water partition coefficient (Wildman–Crippen LogP) is 3.58. The first-order valence-electron chi connectivity index (χ1n) is 10.0. The average molecular weight is 436 g/mol. The van der Waals surface area contributed by atoms with E-state index in [0.29, 0.717) is 6.54 Å². The van der Waals surface area contributed by atoms with Crippen LogP contribution < -0.4 is 5.32 Å². The zero-order valence-corrected chi connectivity index (χ0v) is 19.0. The number of guanidine groups is 1. The van der Waals surface area contributed by atoms with Gasteiger partial charge in [0.15, 0.2) is 5.96 Å². The van der Waals surface area contributed by atoms with Crippen LogP contribution in [0.2, 0.25) is 5.02 Å². The molecule has 1 N–H and O–H groups in total. The van der Waals surface area contributed by atoms with Crippen molar-refractivity contribution in [3.05, 3.63) is 50.9 Å². The van der Waals surface area contributed by atoms with Gasteiger partial charge in [-0.25, -0.2) is 4.98 Å². The lowest BCUT2D eigenvalue weighted by Gasteiger charge is -2.34. The molecule has 8 heteroatoms. The van der Waals surface area contributed by atoms with Crippen molar-refractivity contribution in [1.29, 1.82) is 0 Å². The summed E-state index contributed by atoms with van der Waals surface area (Å²) in [5.74, 6) is 0.894. The molecule has 3 rings (SSSR count). The summed E-state index contributed by atoms with van der Waals surface area (Å²) in [7, 11) is 2.06. The van der Waals surface area contributed by atoms with E-state index in [4.69, 9.17) is 21.3 Å². The summed E-state index contributed by atoms with van der Waals surface area (Å²) in [5, 5.41) is 7.37. The molecule has 6 nitrogen and oxygen atoms in total. The number of hydrogen-bond acceptors (Lipinski definition) is 5. The number of nitrogens with one attached hydrogen (secondary N) is 1. The van der Waals surface area contributed by atoms with Crippen molar-refractivity contribution < 1.29 is 4.74 Å². The smallest absolute Gasteiger partial charge is 0.194 e. The second-order valence-electron chi connectivity index (χ2n) is 7.12. The number of morpholine rings is 1.